The van der Waals surface area contributed by atoms with Crippen molar-refractivity contribution >= 4 is 23.4 Å². The summed E-state index contributed by atoms with van der Waals surface area (Å²) in [5, 5.41) is 12.2. The molecule has 2 N–H and O–H groups in total. The molecule has 1 unspecified atom stereocenters. The highest BCUT2D eigenvalue weighted by Gasteiger charge is 2.15. The van der Waals surface area contributed by atoms with Crippen molar-refractivity contribution in [1.29, 1.82) is 0 Å². The van der Waals surface area contributed by atoms with Gasteiger partial charge in [-0.25, -0.2) is 9.78 Å². The predicted octanol–water partition coefficient (Wildman–Crippen LogP) is 2.27. The second-order valence-electron chi connectivity index (χ2n) is 4.28. The number of ether oxygens (including phenoxy) is 1. The number of halogens is 1. The number of nitrogens with zero attached hydrogens (tertiary/aromatic N) is 1. The molecule has 2 heterocycles. The van der Waals surface area contributed by atoms with Crippen molar-refractivity contribution in [3.63, 3.8) is 0 Å². The summed E-state index contributed by atoms with van der Waals surface area (Å²) in [5.41, 5.74) is -0.120. The van der Waals surface area contributed by atoms with Gasteiger partial charge in [0.2, 0.25) is 0 Å². The molecule has 0 bridgehead atoms. The van der Waals surface area contributed by atoms with Crippen LogP contribution in [0.2, 0.25) is 5.02 Å². The third-order valence-electron chi connectivity index (χ3n) is 2.93. The molecule has 1 atom stereocenters. The van der Waals surface area contributed by atoms with Gasteiger partial charge < -0.3 is 15.2 Å². The number of carboxylic acid groups (broad SMARTS) is 1. The Hall–Kier alpha value is -1.33. The van der Waals surface area contributed by atoms with E-state index in [1.165, 1.54) is 0 Å². The van der Waals surface area contributed by atoms with Crippen LogP contribution in [0.25, 0.3) is 0 Å². The molecule has 0 aromatic carbocycles. The molecular weight excluding hydrogens is 256 g/mol. The maximum Gasteiger partial charge on any atom is 0.356 e. The third kappa shape index (κ3) is 3.34. The molecule has 1 aromatic rings. The van der Waals surface area contributed by atoms with Crippen molar-refractivity contribution in [2.45, 2.75) is 12.8 Å². The summed E-state index contributed by atoms with van der Waals surface area (Å²) in [7, 11) is 0. The van der Waals surface area contributed by atoms with Crippen LogP contribution in [0, 0.1) is 5.92 Å². The van der Waals surface area contributed by atoms with Crippen LogP contribution in [-0.4, -0.2) is 35.8 Å². The Bertz CT molecular complexity index is 433. The number of pyridine rings is 1. The molecule has 1 fully saturated rings. The summed E-state index contributed by atoms with van der Waals surface area (Å²) in [6.45, 7) is 2.41. The Balaban J connectivity index is 1.88. The summed E-state index contributed by atoms with van der Waals surface area (Å²) >= 11 is 5.74. The minimum atomic E-state index is -1.12. The lowest BCUT2D eigenvalue weighted by Gasteiger charge is -2.10. The SMILES string of the molecule is O=C(O)c1nc(NCCC2CCOC2)ccc1Cl. The third-order valence-corrected chi connectivity index (χ3v) is 3.24. The van der Waals surface area contributed by atoms with Crippen molar-refractivity contribution in [1.82, 2.24) is 4.98 Å². The van der Waals surface area contributed by atoms with Gasteiger partial charge in [-0.2, -0.15) is 0 Å². The quantitative estimate of drug-likeness (QED) is 0.859. The first-order valence-corrected chi connectivity index (χ1v) is 6.26. The standard InChI is InChI=1S/C12H15ClN2O3/c13-9-1-2-10(15-11(9)12(16)17)14-5-3-8-4-6-18-7-8/h1-2,8H,3-7H2,(H,14,15)(H,16,17). The van der Waals surface area contributed by atoms with E-state index < -0.39 is 5.97 Å². The van der Waals surface area contributed by atoms with Gasteiger partial charge in [-0.3, -0.25) is 0 Å². The zero-order valence-electron chi connectivity index (χ0n) is 9.86. The zero-order chi connectivity index (χ0) is 13.0. The number of carbonyl (C=O) groups is 1. The topological polar surface area (TPSA) is 71.5 Å². The first kappa shape index (κ1) is 13.1. The van der Waals surface area contributed by atoms with Gasteiger partial charge in [-0.15, -0.1) is 0 Å². The minimum Gasteiger partial charge on any atom is -0.476 e. The molecule has 0 aliphatic carbocycles. The molecule has 1 aromatic heterocycles. The molecule has 0 saturated carbocycles. The monoisotopic (exact) mass is 270 g/mol. The van der Waals surface area contributed by atoms with Gasteiger partial charge in [0.25, 0.3) is 0 Å². The highest BCUT2D eigenvalue weighted by molar-refractivity contribution is 6.33. The van der Waals surface area contributed by atoms with E-state index >= 15 is 0 Å². The molecule has 2 rings (SSSR count). The maximum atomic E-state index is 10.9. The van der Waals surface area contributed by atoms with E-state index in [-0.39, 0.29) is 10.7 Å². The number of aromatic carboxylic acids is 1. The normalized spacial score (nSPS) is 18.8. The van der Waals surface area contributed by atoms with Crippen LogP contribution < -0.4 is 5.32 Å². The lowest BCUT2D eigenvalue weighted by molar-refractivity contribution is 0.0691. The summed E-state index contributed by atoms with van der Waals surface area (Å²) < 4.78 is 5.29. The van der Waals surface area contributed by atoms with E-state index in [1.807, 2.05) is 0 Å². The minimum absolute atomic E-state index is 0.120. The fraction of sp³-hybridized carbons (Fsp3) is 0.500. The Kier molecular flexibility index (Phi) is 4.38. The van der Waals surface area contributed by atoms with Gasteiger partial charge >= 0.3 is 5.97 Å². The summed E-state index contributed by atoms with van der Waals surface area (Å²) in [4.78, 5) is 14.8. The van der Waals surface area contributed by atoms with Crippen LogP contribution in [0.4, 0.5) is 5.82 Å². The van der Waals surface area contributed by atoms with Gasteiger partial charge in [0.1, 0.15) is 5.82 Å². The van der Waals surface area contributed by atoms with E-state index in [1.54, 1.807) is 12.1 Å². The number of rotatable bonds is 5. The average molecular weight is 271 g/mol. The molecule has 1 aliphatic heterocycles. The van der Waals surface area contributed by atoms with Crippen molar-refractivity contribution in [2.24, 2.45) is 5.92 Å². The summed E-state index contributed by atoms with van der Waals surface area (Å²) in [6, 6.07) is 3.22. The Morgan fingerprint density at radius 1 is 1.61 bits per heavy atom. The highest BCUT2D eigenvalue weighted by Crippen LogP contribution is 2.18. The fourth-order valence-corrected chi connectivity index (χ4v) is 2.09. The number of anilines is 1. The zero-order valence-corrected chi connectivity index (χ0v) is 10.6. The molecule has 18 heavy (non-hydrogen) atoms. The van der Waals surface area contributed by atoms with Crippen LogP contribution in [0.15, 0.2) is 12.1 Å². The summed E-state index contributed by atoms with van der Waals surface area (Å²) in [6.07, 6.45) is 2.09. The maximum absolute atomic E-state index is 10.9. The number of hydrogen-bond acceptors (Lipinski definition) is 4. The van der Waals surface area contributed by atoms with Crippen LogP contribution in [0.5, 0.6) is 0 Å². The molecule has 5 nitrogen and oxygen atoms in total. The smallest absolute Gasteiger partial charge is 0.356 e. The Morgan fingerprint density at radius 2 is 2.44 bits per heavy atom. The number of nitrogens with one attached hydrogen (secondary N) is 1. The average Bonchev–Trinajstić information content (AvgIpc) is 2.84. The Morgan fingerprint density at radius 3 is 3.11 bits per heavy atom. The molecule has 98 valence electrons. The van der Waals surface area contributed by atoms with Gasteiger partial charge in [0, 0.05) is 19.8 Å². The molecule has 0 radical (unpaired) electrons. The van der Waals surface area contributed by atoms with E-state index in [0.29, 0.717) is 11.7 Å². The molecule has 6 heteroatoms. The van der Waals surface area contributed by atoms with Crippen molar-refractivity contribution in [3.8, 4) is 0 Å². The van der Waals surface area contributed by atoms with E-state index in [0.717, 1.165) is 32.6 Å². The second kappa shape index (κ2) is 6.02. The van der Waals surface area contributed by atoms with Crippen molar-refractivity contribution in [3.05, 3.63) is 22.8 Å². The molecule has 1 aliphatic rings. The largest absolute Gasteiger partial charge is 0.476 e. The van der Waals surface area contributed by atoms with Crippen LogP contribution >= 0.6 is 11.6 Å². The van der Waals surface area contributed by atoms with Crippen LogP contribution in [0.3, 0.4) is 0 Å². The second-order valence-corrected chi connectivity index (χ2v) is 4.68. The molecule has 0 amide bonds. The van der Waals surface area contributed by atoms with Crippen molar-refractivity contribution < 1.29 is 14.6 Å². The van der Waals surface area contributed by atoms with Gasteiger partial charge in [-0.05, 0) is 30.9 Å². The molecule has 1 saturated heterocycles. The Labute approximate surface area is 110 Å². The van der Waals surface area contributed by atoms with Crippen LogP contribution in [-0.2, 0) is 4.74 Å². The van der Waals surface area contributed by atoms with Gasteiger partial charge in [-0.1, -0.05) is 11.6 Å². The molecular formula is C12H15ClN2O3. The van der Waals surface area contributed by atoms with E-state index in [4.69, 9.17) is 21.4 Å². The number of carboxylic acids is 1. The van der Waals surface area contributed by atoms with Gasteiger partial charge in [0.15, 0.2) is 5.69 Å². The molecule has 0 spiro atoms. The first-order valence-electron chi connectivity index (χ1n) is 5.88. The van der Waals surface area contributed by atoms with Gasteiger partial charge in [0.05, 0.1) is 5.02 Å². The van der Waals surface area contributed by atoms with Crippen LogP contribution in [0.1, 0.15) is 23.3 Å². The van der Waals surface area contributed by atoms with E-state index in [9.17, 15) is 4.79 Å². The highest BCUT2D eigenvalue weighted by atomic mass is 35.5. The predicted molar refractivity (Wildman–Crippen MR) is 68.2 cm³/mol. The fourth-order valence-electron chi connectivity index (χ4n) is 1.91. The van der Waals surface area contributed by atoms with Crippen molar-refractivity contribution in [2.75, 3.05) is 25.1 Å². The number of hydrogen-bond donors (Lipinski definition) is 2. The lowest BCUT2D eigenvalue weighted by Crippen LogP contribution is -2.11. The van der Waals surface area contributed by atoms with E-state index in [2.05, 4.69) is 10.3 Å². The summed E-state index contributed by atoms with van der Waals surface area (Å²) in [5.74, 6) is 0.00676. The first-order chi connectivity index (χ1) is 8.66. The number of aromatic nitrogens is 1. The lowest BCUT2D eigenvalue weighted by atomic mass is 10.1.